The fraction of sp³-hybridized carbons (Fsp3) is 0.615. The summed E-state index contributed by atoms with van der Waals surface area (Å²) in [5.41, 5.74) is -0.0326. The largest absolute Gasteiger partial charge is 0.364 e. The Labute approximate surface area is 118 Å². The Balaban J connectivity index is 2.70. The van der Waals surface area contributed by atoms with Crippen LogP contribution < -0.4 is 5.32 Å². The molecule has 1 unspecified atom stereocenters. The summed E-state index contributed by atoms with van der Waals surface area (Å²) in [6, 6.07) is 2.81. The number of nitrogens with zero attached hydrogens (tertiary/aromatic N) is 2. The van der Waals surface area contributed by atoms with Crippen LogP contribution in [0.5, 0.6) is 0 Å². The molecule has 0 amide bonds. The van der Waals surface area contributed by atoms with Crippen LogP contribution in [-0.2, 0) is 0 Å². The number of pyridine rings is 1. The second-order valence-corrected chi connectivity index (χ2v) is 4.94. The lowest BCUT2D eigenvalue weighted by atomic mass is 9.99. The molecule has 0 saturated heterocycles. The maximum absolute atomic E-state index is 10.9. The van der Waals surface area contributed by atoms with E-state index in [-0.39, 0.29) is 16.7 Å². The minimum atomic E-state index is -0.446. The summed E-state index contributed by atoms with van der Waals surface area (Å²) in [4.78, 5) is 14.4. The van der Waals surface area contributed by atoms with Gasteiger partial charge in [-0.1, -0.05) is 44.7 Å². The maximum atomic E-state index is 10.9. The Morgan fingerprint density at radius 1 is 1.47 bits per heavy atom. The molecule has 19 heavy (non-hydrogen) atoms. The van der Waals surface area contributed by atoms with Gasteiger partial charge in [-0.3, -0.25) is 10.1 Å². The molecule has 0 radical (unpaired) electrons. The molecule has 1 heterocycles. The fourth-order valence-corrected chi connectivity index (χ4v) is 2.04. The van der Waals surface area contributed by atoms with Crippen LogP contribution in [0.15, 0.2) is 12.1 Å². The molecule has 0 bridgehead atoms. The van der Waals surface area contributed by atoms with Gasteiger partial charge in [-0.2, -0.15) is 0 Å². The summed E-state index contributed by atoms with van der Waals surface area (Å²) in [5, 5.41) is 14.2. The molecule has 1 aromatic heterocycles. The predicted molar refractivity (Wildman–Crippen MR) is 77.7 cm³/mol. The summed E-state index contributed by atoms with van der Waals surface area (Å²) < 4.78 is 0. The number of unbranched alkanes of at least 4 members (excludes halogenated alkanes) is 1. The molecule has 6 heteroatoms. The molecule has 0 fully saturated rings. The summed E-state index contributed by atoms with van der Waals surface area (Å²) >= 11 is 5.78. The van der Waals surface area contributed by atoms with Gasteiger partial charge in [0.25, 0.3) is 0 Å². The number of hydrogen-bond donors (Lipinski definition) is 1. The number of nitro groups is 1. The Morgan fingerprint density at radius 3 is 2.79 bits per heavy atom. The van der Waals surface area contributed by atoms with E-state index in [1.165, 1.54) is 18.6 Å². The average molecular weight is 286 g/mol. The van der Waals surface area contributed by atoms with Gasteiger partial charge in [0.05, 0.1) is 4.92 Å². The molecule has 0 aliphatic heterocycles. The number of nitrogens with one attached hydrogen (secondary N) is 1. The highest BCUT2D eigenvalue weighted by atomic mass is 35.5. The van der Waals surface area contributed by atoms with Crippen molar-refractivity contribution in [1.29, 1.82) is 0 Å². The Bertz CT molecular complexity index is 426. The van der Waals surface area contributed by atoms with Crippen molar-refractivity contribution < 1.29 is 4.92 Å². The van der Waals surface area contributed by atoms with Crippen molar-refractivity contribution in [3.8, 4) is 0 Å². The summed E-state index contributed by atoms with van der Waals surface area (Å²) in [7, 11) is 0. The molecule has 1 aromatic rings. The third-order valence-corrected chi connectivity index (χ3v) is 3.35. The van der Waals surface area contributed by atoms with Crippen molar-refractivity contribution in [3.63, 3.8) is 0 Å². The third kappa shape index (κ3) is 5.03. The number of rotatable bonds is 8. The van der Waals surface area contributed by atoms with E-state index < -0.39 is 4.92 Å². The van der Waals surface area contributed by atoms with Crippen molar-refractivity contribution in [3.05, 3.63) is 27.4 Å². The lowest BCUT2D eigenvalue weighted by molar-refractivity contribution is -0.384. The molecular weight excluding hydrogens is 266 g/mol. The van der Waals surface area contributed by atoms with Gasteiger partial charge in [-0.25, -0.2) is 4.98 Å². The van der Waals surface area contributed by atoms with Crippen LogP contribution in [-0.4, -0.2) is 16.5 Å². The Kier molecular flexibility index (Phi) is 6.56. The van der Waals surface area contributed by atoms with Crippen LogP contribution in [0.4, 0.5) is 11.5 Å². The van der Waals surface area contributed by atoms with Gasteiger partial charge in [-0.05, 0) is 18.4 Å². The topological polar surface area (TPSA) is 68.1 Å². The number of aromatic nitrogens is 1. The van der Waals surface area contributed by atoms with Gasteiger partial charge in [0.2, 0.25) is 5.82 Å². The number of hydrogen-bond acceptors (Lipinski definition) is 4. The zero-order chi connectivity index (χ0) is 14.3. The lowest BCUT2D eigenvalue weighted by Gasteiger charge is -2.15. The SMILES string of the molecule is CCCCC(CC)CNc1nc(Cl)ccc1[N+](=O)[O-]. The summed E-state index contributed by atoms with van der Waals surface area (Å²) in [6.45, 7) is 4.97. The normalized spacial score (nSPS) is 12.2. The van der Waals surface area contributed by atoms with Crippen molar-refractivity contribution in [2.24, 2.45) is 5.92 Å². The maximum Gasteiger partial charge on any atom is 0.311 e. The first-order valence-corrected chi connectivity index (χ1v) is 7.01. The van der Waals surface area contributed by atoms with Crippen molar-refractivity contribution >= 4 is 23.1 Å². The van der Waals surface area contributed by atoms with E-state index >= 15 is 0 Å². The summed E-state index contributed by atoms with van der Waals surface area (Å²) in [5.74, 6) is 0.757. The third-order valence-electron chi connectivity index (χ3n) is 3.14. The molecule has 1 rings (SSSR count). The average Bonchev–Trinajstić information content (AvgIpc) is 2.38. The van der Waals surface area contributed by atoms with Crippen LogP contribution >= 0.6 is 11.6 Å². The van der Waals surface area contributed by atoms with Gasteiger partial charge in [-0.15, -0.1) is 0 Å². The van der Waals surface area contributed by atoms with Crippen molar-refractivity contribution in [1.82, 2.24) is 4.98 Å². The molecule has 1 atom stereocenters. The van der Waals surface area contributed by atoms with E-state index in [1.807, 2.05) is 0 Å². The minimum absolute atomic E-state index is 0.0326. The van der Waals surface area contributed by atoms with Crippen LogP contribution in [0.2, 0.25) is 5.15 Å². The second-order valence-electron chi connectivity index (χ2n) is 4.56. The van der Waals surface area contributed by atoms with Crippen LogP contribution in [0.3, 0.4) is 0 Å². The molecule has 0 saturated carbocycles. The Hall–Kier alpha value is -1.36. The van der Waals surface area contributed by atoms with E-state index in [0.29, 0.717) is 12.5 Å². The minimum Gasteiger partial charge on any atom is -0.364 e. The highest BCUT2D eigenvalue weighted by Crippen LogP contribution is 2.24. The quantitative estimate of drug-likeness (QED) is 0.440. The first kappa shape index (κ1) is 15.7. The standard InChI is InChI=1S/C13H20ClN3O2/c1-3-5-6-10(4-2)9-15-13-11(17(18)19)7-8-12(14)16-13/h7-8,10H,3-6,9H2,1-2H3,(H,15,16). The van der Waals surface area contributed by atoms with E-state index in [0.717, 1.165) is 19.3 Å². The first-order chi connectivity index (χ1) is 9.08. The first-order valence-electron chi connectivity index (χ1n) is 6.63. The van der Waals surface area contributed by atoms with E-state index in [2.05, 4.69) is 24.1 Å². The zero-order valence-corrected chi connectivity index (χ0v) is 12.1. The number of anilines is 1. The van der Waals surface area contributed by atoms with Gasteiger partial charge < -0.3 is 5.32 Å². The highest BCUT2D eigenvalue weighted by Gasteiger charge is 2.16. The van der Waals surface area contributed by atoms with E-state index in [9.17, 15) is 10.1 Å². The van der Waals surface area contributed by atoms with Gasteiger partial charge in [0.1, 0.15) is 5.15 Å². The smallest absolute Gasteiger partial charge is 0.311 e. The van der Waals surface area contributed by atoms with Crippen molar-refractivity contribution in [2.75, 3.05) is 11.9 Å². The second kappa shape index (κ2) is 7.94. The molecular formula is C13H20ClN3O2. The Morgan fingerprint density at radius 2 is 2.21 bits per heavy atom. The number of halogens is 1. The lowest BCUT2D eigenvalue weighted by Crippen LogP contribution is -2.15. The zero-order valence-electron chi connectivity index (χ0n) is 11.4. The van der Waals surface area contributed by atoms with Crippen LogP contribution in [0.25, 0.3) is 0 Å². The molecule has 0 aliphatic rings. The van der Waals surface area contributed by atoms with E-state index in [4.69, 9.17) is 11.6 Å². The molecule has 0 spiro atoms. The van der Waals surface area contributed by atoms with Gasteiger partial charge >= 0.3 is 5.69 Å². The molecule has 0 aromatic carbocycles. The van der Waals surface area contributed by atoms with Crippen LogP contribution in [0.1, 0.15) is 39.5 Å². The molecule has 0 aliphatic carbocycles. The fourth-order valence-electron chi connectivity index (χ4n) is 1.89. The highest BCUT2D eigenvalue weighted by molar-refractivity contribution is 6.29. The molecule has 1 N–H and O–H groups in total. The summed E-state index contributed by atoms with van der Waals surface area (Å²) in [6.07, 6.45) is 4.49. The molecule has 5 nitrogen and oxygen atoms in total. The van der Waals surface area contributed by atoms with Gasteiger partial charge in [0, 0.05) is 12.6 Å². The van der Waals surface area contributed by atoms with E-state index in [1.54, 1.807) is 0 Å². The monoisotopic (exact) mass is 285 g/mol. The van der Waals surface area contributed by atoms with Gasteiger partial charge in [0.15, 0.2) is 0 Å². The van der Waals surface area contributed by atoms with Crippen LogP contribution in [0, 0.1) is 16.0 Å². The predicted octanol–water partition coefficient (Wildman–Crippen LogP) is 4.27. The molecule has 106 valence electrons. The van der Waals surface area contributed by atoms with Crippen molar-refractivity contribution in [2.45, 2.75) is 39.5 Å².